The fourth-order valence-corrected chi connectivity index (χ4v) is 1.64. The molecule has 0 spiro atoms. The Morgan fingerprint density at radius 3 is 2.71 bits per heavy atom. The third-order valence-electron chi connectivity index (χ3n) is 2.44. The van der Waals surface area contributed by atoms with Crippen LogP contribution in [0.25, 0.3) is 0 Å². The number of nitrogens with two attached hydrogens (primary N) is 1. The molecule has 96 valence electrons. The molecule has 2 N–H and O–H groups in total. The monoisotopic (exact) mass is 256 g/mol. The van der Waals surface area contributed by atoms with Crippen LogP contribution in [-0.2, 0) is 11.3 Å². The van der Waals surface area contributed by atoms with Gasteiger partial charge in [-0.3, -0.25) is 4.90 Å². The highest BCUT2D eigenvalue weighted by Crippen LogP contribution is 2.20. The summed E-state index contributed by atoms with van der Waals surface area (Å²) in [5.41, 5.74) is 7.56. The van der Waals surface area contributed by atoms with Crippen molar-refractivity contribution in [2.45, 2.75) is 26.5 Å². The van der Waals surface area contributed by atoms with Crippen LogP contribution in [0.5, 0.6) is 0 Å². The second-order valence-electron chi connectivity index (χ2n) is 4.51. The number of rotatable bonds is 6. The van der Waals surface area contributed by atoms with Crippen LogP contribution < -0.4 is 5.73 Å². The Bertz CT molecular complexity index is 355. The van der Waals surface area contributed by atoms with Crippen molar-refractivity contribution in [1.82, 2.24) is 4.90 Å². The molecule has 1 rings (SSSR count). The summed E-state index contributed by atoms with van der Waals surface area (Å²) >= 11 is 5.88. The summed E-state index contributed by atoms with van der Waals surface area (Å²) in [5.74, 6) is 0. The van der Waals surface area contributed by atoms with Gasteiger partial charge in [-0.25, -0.2) is 0 Å². The van der Waals surface area contributed by atoms with Crippen molar-refractivity contribution in [3.8, 4) is 0 Å². The van der Waals surface area contributed by atoms with Crippen LogP contribution in [0.1, 0.15) is 19.4 Å². The van der Waals surface area contributed by atoms with Crippen LogP contribution in [0.4, 0.5) is 5.69 Å². The van der Waals surface area contributed by atoms with Gasteiger partial charge >= 0.3 is 0 Å². The Labute approximate surface area is 109 Å². The molecule has 0 aliphatic rings. The first kappa shape index (κ1) is 14.3. The van der Waals surface area contributed by atoms with Gasteiger partial charge in [0.15, 0.2) is 0 Å². The molecule has 0 aliphatic carbocycles. The number of nitrogens with zero attached hydrogens (tertiary/aromatic N) is 1. The minimum atomic E-state index is 0.287. The van der Waals surface area contributed by atoms with Gasteiger partial charge in [0.1, 0.15) is 0 Å². The fraction of sp³-hybridized carbons (Fsp3) is 0.538. The molecule has 1 aromatic carbocycles. The third-order valence-corrected chi connectivity index (χ3v) is 2.78. The number of ether oxygens (including phenoxy) is 1. The van der Waals surface area contributed by atoms with Crippen LogP contribution in [0.2, 0.25) is 5.02 Å². The molecular formula is C13H21ClN2O. The molecule has 0 bridgehead atoms. The van der Waals surface area contributed by atoms with Crippen molar-refractivity contribution in [2.24, 2.45) is 0 Å². The lowest BCUT2D eigenvalue weighted by Crippen LogP contribution is -2.24. The van der Waals surface area contributed by atoms with Gasteiger partial charge in [-0.1, -0.05) is 17.7 Å². The molecule has 0 saturated heterocycles. The lowest BCUT2D eigenvalue weighted by atomic mass is 10.2. The molecule has 0 aromatic heterocycles. The Hall–Kier alpha value is -0.770. The zero-order chi connectivity index (χ0) is 12.8. The van der Waals surface area contributed by atoms with Crippen molar-refractivity contribution in [1.29, 1.82) is 0 Å². The first-order valence-corrected chi connectivity index (χ1v) is 6.21. The lowest BCUT2D eigenvalue weighted by Gasteiger charge is -2.18. The summed E-state index contributed by atoms with van der Waals surface area (Å²) in [4.78, 5) is 2.20. The number of likely N-dealkylation sites (N-methyl/N-ethyl adjacent to an activating group) is 1. The Kier molecular flexibility index (Phi) is 5.75. The highest BCUT2D eigenvalue weighted by molar-refractivity contribution is 6.33. The average Bonchev–Trinajstić information content (AvgIpc) is 2.23. The standard InChI is InChI=1S/C13H21ClN2O/c1-10(2)17-7-6-16(3)9-11-4-5-12(14)13(15)8-11/h4-5,8,10H,6-7,9,15H2,1-3H3. The van der Waals surface area contributed by atoms with Gasteiger partial charge in [-0.05, 0) is 38.6 Å². The second-order valence-corrected chi connectivity index (χ2v) is 4.92. The zero-order valence-corrected chi connectivity index (χ0v) is 11.5. The number of hydrogen-bond donors (Lipinski definition) is 1. The third kappa shape index (κ3) is 5.39. The van der Waals surface area contributed by atoms with E-state index in [1.54, 1.807) is 0 Å². The molecule has 3 nitrogen and oxygen atoms in total. The van der Waals surface area contributed by atoms with Crippen LogP contribution in [0.3, 0.4) is 0 Å². The van der Waals surface area contributed by atoms with E-state index in [4.69, 9.17) is 22.1 Å². The number of anilines is 1. The average molecular weight is 257 g/mol. The first-order valence-electron chi connectivity index (χ1n) is 5.83. The number of hydrogen-bond acceptors (Lipinski definition) is 3. The van der Waals surface area contributed by atoms with Crippen LogP contribution in [-0.4, -0.2) is 31.2 Å². The molecule has 0 amide bonds. The van der Waals surface area contributed by atoms with Crippen LogP contribution >= 0.6 is 11.6 Å². The van der Waals surface area contributed by atoms with E-state index in [0.717, 1.165) is 19.7 Å². The smallest absolute Gasteiger partial charge is 0.0635 e. The summed E-state index contributed by atoms with van der Waals surface area (Å²) in [5, 5.41) is 0.611. The summed E-state index contributed by atoms with van der Waals surface area (Å²) < 4.78 is 5.51. The van der Waals surface area contributed by atoms with Gasteiger partial charge in [-0.15, -0.1) is 0 Å². The molecular weight excluding hydrogens is 236 g/mol. The molecule has 0 radical (unpaired) electrons. The topological polar surface area (TPSA) is 38.5 Å². The molecule has 0 aliphatic heterocycles. The van der Waals surface area contributed by atoms with E-state index in [1.807, 2.05) is 32.0 Å². The normalized spacial score (nSPS) is 11.4. The summed E-state index contributed by atoms with van der Waals surface area (Å²) in [6.45, 7) is 6.58. The van der Waals surface area contributed by atoms with E-state index < -0.39 is 0 Å². The maximum atomic E-state index is 5.88. The van der Waals surface area contributed by atoms with Crippen molar-refractivity contribution < 1.29 is 4.74 Å². The Morgan fingerprint density at radius 2 is 2.12 bits per heavy atom. The van der Waals surface area contributed by atoms with E-state index in [-0.39, 0.29) is 6.10 Å². The van der Waals surface area contributed by atoms with Gasteiger partial charge < -0.3 is 10.5 Å². The summed E-state index contributed by atoms with van der Waals surface area (Å²) in [7, 11) is 2.06. The SMILES string of the molecule is CC(C)OCCN(C)Cc1ccc(Cl)c(N)c1. The van der Waals surface area contributed by atoms with Gasteiger partial charge in [-0.2, -0.15) is 0 Å². The van der Waals surface area contributed by atoms with Crippen LogP contribution in [0.15, 0.2) is 18.2 Å². The number of halogens is 1. The first-order chi connectivity index (χ1) is 7.99. The molecule has 17 heavy (non-hydrogen) atoms. The van der Waals surface area contributed by atoms with Crippen molar-refractivity contribution in [2.75, 3.05) is 25.9 Å². The highest BCUT2D eigenvalue weighted by Gasteiger charge is 2.03. The van der Waals surface area contributed by atoms with Gasteiger partial charge in [0.2, 0.25) is 0 Å². The van der Waals surface area contributed by atoms with Crippen molar-refractivity contribution in [3.63, 3.8) is 0 Å². The molecule has 0 fully saturated rings. The quantitative estimate of drug-likeness (QED) is 0.796. The van der Waals surface area contributed by atoms with Gasteiger partial charge in [0, 0.05) is 13.1 Å². The zero-order valence-electron chi connectivity index (χ0n) is 10.7. The van der Waals surface area contributed by atoms with Crippen molar-refractivity contribution >= 4 is 17.3 Å². The minimum absolute atomic E-state index is 0.287. The van der Waals surface area contributed by atoms with E-state index in [0.29, 0.717) is 10.7 Å². The summed E-state index contributed by atoms with van der Waals surface area (Å²) in [6, 6.07) is 5.76. The van der Waals surface area contributed by atoms with Gasteiger partial charge in [0.05, 0.1) is 23.4 Å². The predicted molar refractivity (Wildman–Crippen MR) is 73.3 cm³/mol. The minimum Gasteiger partial charge on any atom is -0.398 e. The number of nitrogen functional groups attached to an aromatic ring is 1. The Morgan fingerprint density at radius 1 is 1.41 bits per heavy atom. The Balaban J connectivity index is 2.39. The van der Waals surface area contributed by atoms with Crippen LogP contribution in [0, 0.1) is 0 Å². The molecule has 1 aromatic rings. The molecule has 4 heteroatoms. The van der Waals surface area contributed by atoms with Gasteiger partial charge in [0.25, 0.3) is 0 Å². The van der Waals surface area contributed by atoms with E-state index >= 15 is 0 Å². The second kappa shape index (κ2) is 6.84. The number of benzene rings is 1. The maximum absolute atomic E-state index is 5.88. The lowest BCUT2D eigenvalue weighted by molar-refractivity contribution is 0.0627. The van der Waals surface area contributed by atoms with Crippen molar-refractivity contribution in [3.05, 3.63) is 28.8 Å². The van der Waals surface area contributed by atoms with E-state index in [9.17, 15) is 0 Å². The molecule has 0 atom stereocenters. The summed E-state index contributed by atoms with van der Waals surface area (Å²) in [6.07, 6.45) is 0.287. The molecule has 0 unspecified atom stereocenters. The van der Waals surface area contributed by atoms with E-state index in [2.05, 4.69) is 11.9 Å². The predicted octanol–water partition coefficient (Wildman–Crippen LogP) is 2.78. The van der Waals surface area contributed by atoms with E-state index in [1.165, 1.54) is 5.56 Å². The molecule has 0 saturated carbocycles. The fourth-order valence-electron chi connectivity index (χ4n) is 1.53. The molecule has 0 heterocycles. The highest BCUT2D eigenvalue weighted by atomic mass is 35.5. The largest absolute Gasteiger partial charge is 0.398 e. The maximum Gasteiger partial charge on any atom is 0.0635 e.